The number of nitrogens with zero attached hydrogens (tertiary/aromatic N) is 2. The molecule has 0 radical (unpaired) electrons. The molecule has 1 aromatic carbocycles. The lowest BCUT2D eigenvalue weighted by Crippen LogP contribution is -2.59. The van der Waals surface area contributed by atoms with E-state index in [4.69, 9.17) is 4.74 Å². The standard InChI is InChI=1S/C32H44N2O5S/c1-6-8-12-16-39-31(38)26-25-18-22(5)32(40-25)27(26)29(36)34(24(20-35)17-21(3)4)28(32)30(37)33(15-7-2)19-23-13-10-9-11-14-23/h6-7,9-11,13-14,21-22,24-28,35H,1-2,8,12,15-20H2,3-5H3/t22?,24-,25-,26+,27+,28?,32?/m1/s1. The second kappa shape index (κ2) is 12.9. The number of unbranched alkanes of at least 4 members (excludes halogenated alkanes) is 1. The van der Waals surface area contributed by atoms with Gasteiger partial charge in [-0.15, -0.1) is 24.9 Å². The number of aliphatic hydroxyl groups excluding tert-OH is 1. The Morgan fingerprint density at radius 3 is 2.60 bits per heavy atom. The number of carbonyl (C=O) groups is 3. The minimum Gasteiger partial charge on any atom is -0.465 e. The topological polar surface area (TPSA) is 87.1 Å². The molecule has 2 amide bonds. The van der Waals surface area contributed by atoms with Gasteiger partial charge in [0.15, 0.2) is 0 Å². The second-order valence-corrected chi connectivity index (χ2v) is 13.4. The van der Waals surface area contributed by atoms with Crippen LogP contribution in [0.5, 0.6) is 0 Å². The number of ether oxygens (including phenoxy) is 1. The molecule has 2 bridgehead atoms. The number of hydrogen-bond donors (Lipinski definition) is 1. The van der Waals surface area contributed by atoms with Gasteiger partial charge in [-0.25, -0.2) is 0 Å². The largest absolute Gasteiger partial charge is 0.465 e. The number of allylic oxidation sites excluding steroid dienone is 1. The van der Waals surface area contributed by atoms with Crippen molar-refractivity contribution in [2.24, 2.45) is 23.7 Å². The number of aliphatic hydroxyl groups is 1. The highest BCUT2D eigenvalue weighted by Gasteiger charge is 2.77. The Bertz CT molecular complexity index is 1090. The van der Waals surface area contributed by atoms with E-state index in [-0.39, 0.29) is 48.1 Å². The van der Waals surface area contributed by atoms with Gasteiger partial charge in [0, 0.05) is 18.3 Å². The predicted octanol–water partition coefficient (Wildman–Crippen LogP) is 4.45. The fraction of sp³-hybridized carbons (Fsp3) is 0.594. The monoisotopic (exact) mass is 568 g/mol. The van der Waals surface area contributed by atoms with Crippen LogP contribution in [0.2, 0.25) is 0 Å². The summed E-state index contributed by atoms with van der Waals surface area (Å²) in [5.74, 6) is -1.71. The summed E-state index contributed by atoms with van der Waals surface area (Å²) >= 11 is 1.64. The summed E-state index contributed by atoms with van der Waals surface area (Å²) in [7, 11) is 0. The first-order chi connectivity index (χ1) is 19.2. The molecular weight excluding hydrogens is 524 g/mol. The number of thioether (sulfide) groups is 1. The number of carbonyl (C=O) groups excluding carboxylic acids is 3. The van der Waals surface area contributed by atoms with E-state index in [1.165, 1.54) is 0 Å². The molecule has 0 aromatic heterocycles. The molecule has 1 spiro atoms. The van der Waals surface area contributed by atoms with Crippen LogP contribution in [-0.4, -0.2) is 74.5 Å². The summed E-state index contributed by atoms with van der Waals surface area (Å²) in [6.45, 7) is 14.6. The summed E-state index contributed by atoms with van der Waals surface area (Å²) in [5, 5.41) is 10.5. The van der Waals surface area contributed by atoms with Gasteiger partial charge < -0.3 is 19.6 Å². The van der Waals surface area contributed by atoms with Crippen molar-refractivity contribution in [2.75, 3.05) is 19.8 Å². The number of amides is 2. The maximum absolute atomic E-state index is 14.7. The third-order valence-corrected chi connectivity index (χ3v) is 10.8. The summed E-state index contributed by atoms with van der Waals surface area (Å²) < 4.78 is 4.93. The number of fused-ring (bicyclic) bond motifs is 1. The summed E-state index contributed by atoms with van der Waals surface area (Å²) in [5.41, 5.74) is 0.987. The van der Waals surface area contributed by atoms with Crippen molar-refractivity contribution in [3.63, 3.8) is 0 Å². The van der Waals surface area contributed by atoms with Crippen LogP contribution in [0, 0.1) is 23.7 Å². The number of hydrogen-bond acceptors (Lipinski definition) is 6. The van der Waals surface area contributed by atoms with E-state index in [1.54, 1.807) is 33.7 Å². The van der Waals surface area contributed by atoms with Gasteiger partial charge in [-0.2, -0.15) is 0 Å². The number of esters is 1. The summed E-state index contributed by atoms with van der Waals surface area (Å²) in [4.78, 5) is 46.0. The van der Waals surface area contributed by atoms with Crippen molar-refractivity contribution >= 4 is 29.5 Å². The Morgan fingerprint density at radius 1 is 1.25 bits per heavy atom. The number of benzene rings is 1. The maximum atomic E-state index is 14.7. The van der Waals surface area contributed by atoms with Gasteiger partial charge in [-0.05, 0) is 43.1 Å². The normalized spacial score (nSPS) is 29.4. The fourth-order valence-corrected chi connectivity index (χ4v) is 9.47. The van der Waals surface area contributed by atoms with Gasteiger partial charge in [0.1, 0.15) is 6.04 Å². The second-order valence-electron chi connectivity index (χ2n) is 11.9. The Kier molecular flexibility index (Phi) is 9.83. The first kappa shape index (κ1) is 30.4. The van der Waals surface area contributed by atoms with Gasteiger partial charge in [0.25, 0.3) is 0 Å². The van der Waals surface area contributed by atoms with E-state index in [9.17, 15) is 19.5 Å². The Balaban J connectivity index is 1.75. The van der Waals surface area contributed by atoms with E-state index >= 15 is 0 Å². The van der Waals surface area contributed by atoms with Gasteiger partial charge in [0.05, 0.1) is 35.8 Å². The lowest BCUT2D eigenvalue weighted by molar-refractivity contribution is -0.155. The van der Waals surface area contributed by atoms with Gasteiger partial charge in [0.2, 0.25) is 11.8 Å². The molecule has 3 unspecified atom stereocenters. The summed E-state index contributed by atoms with van der Waals surface area (Å²) in [6, 6.07) is 8.49. The molecular formula is C32H44N2O5S. The molecule has 0 aliphatic carbocycles. The average molecular weight is 569 g/mol. The van der Waals surface area contributed by atoms with Crippen LogP contribution < -0.4 is 0 Å². The molecule has 3 fully saturated rings. The molecule has 1 N–H and O–H groups in total. The average Bonchev–Trinajstić information content (AvgIpc) is 3.53. The first-order valence-electron chi connectivity index (χ1n) is 14.5. The molecule has 3 aliphatic heterocycles. The van der Waals surface area contributed by atoms with Gasteiger partial charge in [-0.1, -0.05) is 63.3 Å². The molecule has 3 saturated heterocycles. The molecule has 218 valence electrons. The van der Waals surface area contributed by atoms with Crippen LogP contribution >= 0.6 is 11.8 Å². The third kappa shape index (κ3) is 5.49. The minimum atomic E-state index is -0.784. The third-order valence-electron chi connectivity index (χ3n) is 8.71. The van der Waals surface area contributed by atoms with Gasteiger partial charge in [-0.3, -0.25) is 14.4 Å². The molecule has 8 heteroatoms. The fourth-order valence-electron chi connectivity index (χ4n) is 7.08. The molecule has 0 saturated carbocycles. The van der Waals surface area contributed by atoms with E-state index in [2.05, 4.69) is 20.1 Å². The van der Waals surface area contributed by atoms with Crippen molar-refractivity contribution in [3.05, 3.63) is 61.2 Å². The molecule has 7 atom stereocenters. The Labute approximate surface area is 243 Å². The zero-order valence-electron chi connectivity index (χ0n) is 24.0. The minimum absolute atomic E-state index is 0.0425. The van der Waals surface area contributed by atoms with Crippen LogP contribution in [0.1, 0.15) is 52.0 Å². The molecule has 4 rings (SSSR count). The Hall–Kier alpha value is -2.58. The molecule has 40 heavy (non-hydrogen) atoms. The molecule has 1 aromatic rings. The molecule has 3 heterocycles. The van der Waals surface area contributed by atoms with E-state index in [1.807, 2.05) is 44.2 Å². The SMILES string of the molecule is C=CCCCOC(=O)[C@@H]1[C@H]2C(=O)N([C@@H](CO)CC(C)C)C(C(=O)N(CC=C)Cc3ccccc3)C23S[C@@H]1CC3C. The van der Waals surface area contributed by atoms with Crippen LogP contribution in [0.15, 0.2) is 55.6 Å². The van der Waals surface area contributed by atoms with Crippen molar-refractivity contribution < 1.29 is 24.2 Å². The highest BCUT2D eigenvalue weighted by Crippen LogP contribution is 2.69. The van der Waals surface area contributed by atoms with Crippen molar-refractivity contribution in [1.82, 2.24) is 9.80 Å². The van der Waals surface area contributed by atoms with Crippen molar-refractivity contribution in [1.29, 1.82) is 0 Å². The van der Waals surface area contributed by atoms with E-state index < -0.39 is 28.7 Å². The molecule has 3 aliphatic rings. The molecule has 7 nitrogen and oxygen atoms in total. The number of likely N-dealkylation sites (tertiary alicyclic amines) is 1. The zero-order valence-corrected chi connectivity index (χ0v) is 24.9. The van der Waals surface area contributed by atoms with Crippen LogP contribution in [-0.2, 0) is 25.7 Å². The lowest BCUT2D eigenvalue weighted by Gasteiger charge is -2.42. The highest BCUT2D eigenvalue weighted by atomic mass is 32.2. The van der Waals surface area contributed by atoms with E-state index in [0.717, 1.165) is 18.4 Å². The predicted molar refractivity (Wildman–Crippen MR) is 158 cm³/mol. The van der Waals surface area contributed by atoms with Crippen molar-refractivity contribution in [3.8, 4) is 0 Å². The van der Waals surface area contributed by atoms with Crippen molar-refractivity contribution in [2.45, 2.75) is 75.1 Å². The first-order valence-corrected chi connectivity index (χ1v) is 15.4. The maximum Gasteiger partial charge on any atom is 0.310 e. The van der Waals surface area contributed by atoms with Crippen LogP contribution in [0.25, 0.3) is 0 Å². The number of rotatable bonds is 14. The smallest absolute Gasteiger partial charge is 0.310 e. The highest BCUT2D eigenvalue weighted by molar-refractivity contribution is 8.02. The van der Waals surface area contributed by atoms with Crippen LogP contribution in [0.4, 0.5) is 0 Å². The van der Waals surface area contributed by atoms with Gasteiger partial charge >= 0.3 is 5.97 Å². The van der Waals surface area contributed by atoms with E-state index in [0.29, 0.717) is 25.9 Å². The quantitative estimate of drug-likeness (QED) is 0.203. The summed E-state index contributed by atoms with van der Waals surface area (Å²) in [6.07, 6.45) is 6.24. The Morgan fingerprint density at radius 2 is 1.98 bits per heavy atom. The lowest BCUT2D eigenvalue weighted by atomic mass is 9.66. The van der Waals surface area contributed by atoms with Crippen LogP contribution in [0.3, 0.4) is 0 Å². The zero-order chi connectivity index (χ0) is 29.0.